The molecule has 30 heavy (non-hydrogen) atoms. The molecule has 3 aromatic carbocycles. The van der Waals surface area contributed by atoms with E-state index in [9.17, 15) is 4.79 Å². The second-order valence-corrected chi connectivity index (χ2v) is 6.81. The smallest absolute Gasteiger partial charge is 0.365 e. The third-order valence-electron chi connectivity index (χ3n) is 4.54. The lowest BCUT2D eigenvalue weighted by molar-refractivity contribution is 0.0516. The molecule has 0 aromatic heterocycles. The number of carbonyl (C=O) groups is 1. The quantitative estimate of drug-likeness (QED) is 0.274. The van der Waals surface area contributed by atoms with Crippen LogP contribution < -0.4 is 15.2 Å². The minimum absolute atomic E-state index is 0.121. The molecular formula is C24H24N2O4. The molecule has 0 unspecified atom stereocenters. The van der Waals surface area contributed by atoms with Crippen LogP contribution in [0.5, 0.6) is 11.5 Å². The molecule has 6 heteroatoms. The molecule has 0 saturated heterocycles. The van der Waals surface area contributed by atoms with Crippen molar-refractivity contribution in [3.8, 4) is 11.5 Å². The molecule has 0 fully saturated rings. The molecular weight excluding hydrogens is 380 g/mol. The van der Waals surface area contributed by atoms with Gasteiger partial charge in [0.2, 0.25) is 0 Å². The van der Waals surface area contributed by atoms with Crippen molar-refractivity contribution in [2.75, 3.05) is 7.11 Å². The standard InChI is InChI=1S/C24H24N2O4/c1-16-9-10-17(2)22(13-16)29-15-20-14-19(11-12-21(20)28-3)24(27)30-26-23(25)18-7-5-4-6-8-18/h4-14H,15H2,1-3H3,(H2,25,26). The predicted molar refractivity (Wildman–Crippen MR) is 116 cm³/mol. The summed E-state index contributed by atoms with van der Waals surface area (Å²) in [6.07, 6.45) is 0. The Morgan fingerprint density at radius 1 is 0.933 bits per heavy atom. The van der Waals surface area contributed by atoms with E-state index in [0.717, 1.165) is 16.9 Å². The highest BCUT2D eigenvalue weighted by Gasteiger charge is 2.13. The summed E-state index contributed by atoms with van der Waals surface area (Å²) >= 11 is 0. The average molecular weight is 404 g/mol. The van der Waals surface area contributed by atoms with Gasteiger partial charge in [-0.1, -0.05) is 47.6 Å². The number of rotatable bonds is 7. The molecule has 0 atom stereocenters. The van der Waals surface area contributed by atoms with E-state index in [1.54, 1.807) is 37.4 Å². The third kappa shape index (κ3) is 5.17. The molecule has 0 heterocycles. The first-order chi connectivity index (χ1) is 14.5. The summed E-state index contributed by atoms with van der Waals surface area (Å²) in [6, 6.07) is 20.1. The first kappa shape index (κ1) is 20.9. The number of amidine groups is 1. The zero-order valence-electron chi connectivity index (χ0n) is 17.2. The first-order valence-electron chi connectivity index (χ1n) is 9.45. The van der Waals surface area contributed by atoms with E-state index in [-0.39, 0.29) is 12.4 Å². The van der Waals surface area contributed by atoms with Gasteiger partial charge in [-0.2, -0.15) is 0 Å². The van der Waals surface area contributed by atoms with E-state index < -0.39 is 5.97 Å². The molecule has 6 nitrogen and oxygen atoms in total. The SMILES string of the molecule is COc1ccc(C(=O)O/N=C(\N)c2ccccc2)cc1COc1cc(C)ccc1C. The van der Waals surface area contributed by atoms with Gasteiger partial charge >= 0.3 is 5.97 Å². The predicted octanol–water partition coefficient (Wildman–Crippen LogP) is 4.37. The molecule has 154 valence electrons. The number of oxime groups is 1. The van der Waals surface area contributed by atoms with E-state index in [1.165, 1.54) is 0 Å². The van der Waals surface area contributed by atoms with Crippen molar-refractivity contribution in [3.05, 3.63) is 94.5 Å². The van der Waals surface area contributed by atoms with E-state index in [4.69, 9.17) is 20.0 Å². The maximum atomic E-state index is 12.4. The van der Waals surface area contributed by atoms with Crippen molar-refractivity contribution in [1.82, 2.24) is 0 Å². The van der Waals surface area contributed by atoms with Crippen molar-refractivity contribution in [2.24, 2.45) is 10.9 Å². The third-order valence-corrected chi connectivity index (χ3v) is 4.54. The van der Waals surface area contributed by atoms with Crippen LogP contribution in [-0.4, -0.2) is 18.9 Å². The summed E-state index contributed by atoms with van der Waals surface area (Å²) in [6.45, 7) is 4.23. The number of nitrogens with zero attached hydrogens (tertiary/aromatic N) is 1. The van der Waals surface area contributed by atoms with Gasteiger partial charge in [0.05, 0.1) is 12.7 Å². The molecule has 0 radical (unpaired) electrons. The van der Waals surface area contributed by atoms with E-state index in [0.29, 0.717) is 22.4 Å². The maximum absolute atomic E-state index is 12.4. The summed E-state index contributed by atoms with van der Waals surface area (Å²) in [5.74, 6) is 0.898. The fourth-order valence-electron chi connectivity index (χ4n) is 2.84. The Labute approximate surface area is 175 Å². The van der Waals surface area contributed by atoms with Crippen LogP contribution in [0.3, 0.4) is 0 Å². The topological polar surface area (TPSA) is 83.1 Å². The highest BCUT2D eigenvalue weighted by atomic mass is 16.7. The van der Waals surface area contributed by atoms with Crippen molar-refractivity contribution in [2.45, 2.75) is 20.5 Å². The fourth-order valence-corrected chi connectivity index (χ4v) is 2.84. The number of carbonyl (C=O) groups excluding carboxylic acids is 1. The first-order valence-corrected chi connectivity index (χ1v) is 9.45. The van der Waals surface area contributed by atoms with Crippen molar-refractivity contribution in [1.29, 1.82) is 0 Å². The molecule has 0 spiro atoms. The Balaban J connectivity index is 1.74. The van der Waals surface area contributed by atoms with E-state index in [1.807, 2.05) is 50.2 Å². The van der Waals surface area contributed by atoms with Gasteiger partial charge < -0.3 is 20.0 Å². The summed E-state index contributed by atoms with van der Waals surface area (Å²) in [5, 5.41) is 3.74. The Kier molecular flexibility index (Phi) is 6.70. The van der Waals surface area contributed by atoms with Crippen LogP contribution in [0.15, 0.2) is 71.9 Å². The molecule has 0 saturated carbocycles. The molecule has 0 bridgehead atoms. The van der Waals surface area contributed by atoms with Crippen LogP contribution in [0, 0.1) is 13.8 Å². The molecule has 0 aliphatic carbocycles. The summed E-state index contributed by atoms with van der Waals surface area (Å²) < 4.78 is 11.4. The largest absolute Gasteiger partial charge is 0.496 e. The average Bonchev–Trinajstić information content (AvgIpc) is 2.78. The van der Waals surface area contributed by atoms with Crippen LogP contribution >= 0.6 is 0 Å². The second kappa shape index (κ2) is 9.60. The van der Waals surface area contributed by atoms with Gasteiger partial charge in [0.1, 0.15) is 18.1 Å². The molecule has 3 rings (SSSR count). The van der Waals surface area contributed by atoms with E-state index >= 15 is 0 Å². The number of ether oxygens (including phenoxy) is 2. The highest BCUT2D eigenvalue weighted by Crippen LogP contribution is 2.25. The van der Waals surface area contributed by atoms with Gasteiger partial charge in [-0.05, 0) is 49.2 Å². The van der Waals surface area contributed by atoms with Crippen molar-refractivity contribution < 1.29 is 19.1 Å². The minimum Gasteiger partial charge on any atom is -0.496 e. The van der Waals surface area contributed by atoms with Gasteiger partial charge in [-0.3, -0.25) is 0 Å². The van der Waals surface area contributed by atoms with Crippen LogP contribution in [0.25, 0.3) is 0 Å². The minimum atomic E-state index is -0.621. The van der Waals surface area contributed by atoms with Gasteiger partial charge in [0.25, 0.3) is 0 Å². The summed E-state index contributed by atoms with van der Waals surface area (Å²) in [4.78, 5) is 17.5. The number of benzene rings is 3. The van der Waals surface area contributed by atoms with Crippen molar-refractivity contribution in [3.63, 3.8) is 0 Å². The normalized spacial score (nSPS) is 11.1. The molecule has 0 aliphatic heterocycles. The van der Waals surface area contributed by atoms with Crippen LogP contribution in [0.4, 0.5) is 0 Å². The number of methoxy groups -OCH3 is 1. The Morgan fingerprint density at radius 2 is 1.70 bits per heavy atom. The van der Waals surface area contributed by atoms with Crippen molar-refractivity contribution >= 4 is 11.8 Å². The monoisotopic (exact) mass is 404 g/mol. The number of hydrogen-bond donors (Lipinski definition) is 1. The Bertz CT molecular complexity index is 1060. The van der Waals surface area contributed by atoms with Gasteiger partial charge in [0.15, 0.2) is 5.84 Å². The van der Waals surface area contributed by atoms with Crippen LogP contribution in [-0.2, 0) is 11.4 Å². The van der Waals surface area contributed by atoms with Gasteiger partial charge in [-0.25, -0.2) is 4.79 Å². The van der Waals surface area contributed by atoms with E-state index in [2.05, 4.69) is 5.16 Å². The molecule has 2 N–H and O–H groups in total. The molecule has 0 amide bonds. The number of hydrogen-bond acceptors (Lipinski definition) is 5. The zero-order chi connectivity index (χ0) is 21.5. The maximum Gasteiger partial charge on any atom is 0.365 e. The summed E-state index contributed by atoms with van der Waals surface area (Å²) in [7, 11) is 1.57. The fraction of sp³-hybridized carbons (Fsp3) is 0.167. The molecule has 3 aromatic rings. The lowest BCUT2D eigenvalue weighted by atomic mass is 10.1. The van der Waals surface area contributed by atoms with Crippen LogP contribution in [0.1, 0.15) is 32.6 Å². The van der Waals surface area contributed by atoms with Gasteiger partial charge in [0, 0.05) is 11.1 Å². The number of aryl methyl sites for hydroxylation is 2. The van der Waals surface area contributed by atoms with Crippen LogP contribution in [0.2, 0.25) is 0 Å². The molecule has 0 aliphatic rings. The second-order valence-electron chi connectivity index (χ2n) is 6.81. The Morgan fingerprint density at radius 3 is 2.43 bits per heavy atom. The summed E-state index contributed by atoms with van der Waals surface area (Å²) in [5.41, 5.74) is 9.71. The lowest BCUT2D eigenvalue weighted by Gasteiger charge is -2.13. The Hall–Kier alpha value is -3.80. The number of nitrogens with two attached hydrogens (primary N) is 1. The van der Waals surface area contributed by atoms with Gasteiger partial charge in [-0.15, -0.1) is 0 Å². The highest BCUT2D eigenvalue weighted by molar-refractivity contribution is 5.98. The lowest BCUT2D eigenvalue weighted by Crippen LogP contribution is -2.15. The zero-order valence-corrected chi connectivity index (χ0v) is 17.2.